The topological polar surface area (TPSA) is 49.7 Å². The van der Waals surface area contributed by atoms with Gasteiger partial charge in [0.15, 0.2) is 0 Å². The molecule has 1 amide bonds. The van der Waals surface area contributed by atoms with Crippen LogP contribution in [0.2, 0.25) is 0 Å². The maximum Gasteiger partial charge on any atom is 0.316 e. The number of benzene rings is 1. The van der Waals surface area contributed by atoms with Gasteiger partial charge in [-0.15, -0.1) is 0 Å². The minimum Gasteiger partial charge on any atom is -0.282 e. The number of carbonyl (C=O) groups is 2. The van der Waals surface area contributed by atoms with Gasteiger partial charge in [0.2, 0.25) is 0 Å². The van der Waals surface area contributed by atoms with Crippen molar-refractivity contribution in [2.45, 2.75) is 27.3 Å². The van der Waals surface area contributed by atoms with Gasteiger partial charge >= 0.3 is 5.91 Å². The number of Topliss-reactive ketones (excluding diaryl/α,β-unsaturated/α-hetero) is 1. The molecule has 1 aromatic rings. The summed E-state index contributed by atoms with van der Waals surface area (Å²) in [6.07, 6.45) is 0. The lowest BCUT2D eigenvalue weighted by Crippen LogP contribution is -2.31. The third-order valence-corrected chi connectivity index (χ3v) is 2.75. The number of hydrazone groups is 1. The second kappa shape index (κ2) is 4.37. The number of nitrogens with zero attached hydrogens (tertiary/aromatic N) is 2. The van der Waals surface area contributed by atoms with Crippen LogP contribution in [0.4, 0.5) is 0 Å². The van der Waals surface area contributed by atoms with Gasteiger partial charge in [-0.25, -0.2) is 5.01 Å². The average Bonchev–Trinajstić information content (AvgIpc) is 2.58. The second-order valence-corrected chi connectivity index (χ2v) is 5.38. The Hall–Kier alpha value is -1.97. The molecule has 4 nitrogen and oxygen atoms in total. The molecule has 1 aromatic carbocycles. The molecule has 0 radical (unpaired) electrons. The van der Waals surface area contributed by atoms with Gasteiger partial charge < -0.3 is 0 Å². The van der Waals surface area contributed by atoms with E-state index in [9.17, 15) is 9.59 Å². The third-order valence-electron chi connectivity index (χ3n) is 2.75. The molecule has 1 heterocycles. The van der Waals surface area contributed by atoms with Crippen LogP contribution in [0.5, 0.6) is 0 Å². The van der Waals surface area contributed by atoms with Crippen LogP contribution in [-0.4, -0.2) is 22.4 Å². The Balaban J connectivity index is 2.23. The van der Waals surface area contributed by atoms with E-state index in [0.29, 0.717) is 12.3 Å². The highest BCUT2D eigenvalue weighted by Gasteiger charge is 2.39. The smallest absolute Gasteiger partial charge is 0.282 e. The summed E-state index contributed by atoms with van der Waals surface area (Å²) in [6, 6.07) is 9.51. The van der Waals surface area contributed by atoms with Crippen molar-refractivity contribution in [3.8, 4) is 0 Å². The Morgan fingerprint density at radius 1 is 1.11 bits per heavy atom. The van der Waals surface area contributed by atoms with Crippen LogP contribution in [0.25, 0.3) is 0 Å². The molecule has 1 aliphatic heterocycles. The molecule has 0 saturated carbocycles. The zero-order valence-corrected chi connectivity index (χ0v) is 10.8. The van der Waals surface area contributed by atoms with E-state index >= 15 is 0 Å². The van der Waals surface area contributed by atoms with Crippen LogP contribution in [0.1, 0.15) is 26.3 Å². The predicted octanol–water partition coefficient (Wildman–Crippen LogP) is 2.00. The fourth-order valence-corrected chi connectivity index (χ4v) is 1.78. The summed E-state index contributed by atoms with van der Waals surface area (Å²) in [5, 5.41) is 5.42. The zero-order valence-electron chi connectivity index (χ0n) is 10.8. The average molecular weight is 244 g/mol. The van der Waals surface area contributed by atoms with Crippen LogP contribution < -0.4 is 0 Å². The van der Waals surface area contributed by atoms with E-state index in [-0.39, 0.29) is 0 Å². The van der Waals surface area contributed by atoms with E-state index in [2.05, 4.69) is 5.10 Å². The molecule has 0 unspecified atom stereocenters. The first-order valence-electron chi connectivity index (χ1n) is 5.89. The van der Waals surface area contributed by atoms with E-state index in [1.807, 2.05) is 51.1 Å². The lowest BCUT2D eigenvalue weighted by molar-refractivity contribution is -0.140. The fraction of sp³-hybridized carbons (Fsp3) is 0.357. The molecular weight excluding hydrogens is 228 g/mol. The lowest BCUT2D eigenvalue weighted by atomic mass is 9.88. The largest absolute Gasteiger partial charge is 0.316 e. The second-order valence-electron chi connectivity index (χ2n) is 5.38. The van der Waals surface area contributed by atoms with Gasteiger partial charge in [-0.3, -0.25) is 9.59 Å². The normalized spacial score (nSPS) is 16.2. The molecule has 0 N–H and O–H groups in total. The highest BCUT2D eigenvalue weighted by Crippen LogP contribution is 2.23. The standard InChI is InChI=1S/C14H16N2O2/c1-14(2,3)12-11(17)13(18)16(15-12)9-10-7-5-4-6-8-10/h4-8H,9H2,1-3H3. The molecule has 0 aromatic heterocycles. The van der Waals surface area contributed by atoms with Crippen molar-refractivity contribution in [3.05, 3.63) is 35.9 Å². The Labute approximate surface area is 106 Å². The van der Waals surface area contributed by atoms with Gasteiger partial charge in [-0.2, -0.15) is 5.10 Å². The lowest BCUT2D eigenvalue weighted by Gasteiger charge is -2.15. The SMILES string of the molecule is CC(C)(C)C1=NN(Cc2ccccc2)C(=O)C1=O. The van der Waals surface area contributed by atoms with Crippen LogP contribution in [-0.2, 0) is 16.1 Å². The van der Waals surface area contributed by atoms with Crippen molar-refractivity contribution in [3.63, 3.8) is 0 Å². The van der Waals surface area contributed by atoms with Crippen molar-refractivity contribution in [2.75, 3.05) is 0 Å². The van der Waals surface area contributed by atoms with Crippen molar-refractivity contribution < 1.29 is 9.59 Å². The van der Waals surface area contributed by atoms with E-state index in [0.717, 1.165) is 5.56 Å². The Morgan fingerprint density at radius 3 is 2.22 bits per heavy atom. The van der Waals surface area contributed by atoms with Crippen LogP contribution in [0.3, 0.4) is 0 Å². The maximum atomic E-state index is 11.8. The number of rotatable bonds is 2. The summed E-state index contributed by atoms with van der Waals surface area (Å²) < 4.78 is 0. The maximum absolute atomic E-state index is 11.8. The summed E-state index contributed by atoms with van der Waals surface area (Å²) in [7, 11) is 0. The Morgan fingerprint density at radius 2 is 1.72 bits per heavy atom. The van der Waals surface area contributed by atoms with Crippen molar-refractivity contribution in [1.29, 1.82) is 0 Å². The third kappa shape index (κ3) is 2.32. The zero-order chi connectivity index (χ0) is 13.3. The molecule has 4 heteroatoms. The molecular formula is C14H16N2O2. The van der Waals surface area contributed by atoms with Gasteiger partial charge in [0, 0.05) is 5.41 Å². The molecule has 18 heavy (non-hydrogen) atoms. The van der Waals surface area contributed by atoms with Crippen molar-refractivity contribution in [1.82, 2.24) is 5.01 Å². The van der Waals surface area contributed by atoms with Gasteiger partial charge in [-0.05, 0) is 5.56 Å². The molecule has 2 rings (SSSR count). The molecule has 0 bridgehead atoms. The number of amides is 1. The molecule has 0 fully saturated rings. The first-order valence-corrected chi connectivity index (χ1v) is 5.89. The number of ketones is 1. The van der Waals surface area contributed by atoms with Gasteiger partial charge in [0.25, 0.3) is 5.78 Å². The van der Waals surface area contributed by atoms with Gasteiger partial charge in [0.1, 0.15) is 5.71 Å². The van der Waals surface area contributed by atoms with Crippen LogP contribution in [0.15, 0.2) is 35.4 Å². The monoisotopic (exact) mass is 244 g/mol. The Kier molecular flexibility index (Phi) is 3.03. The summed E-state index contributed by atoms with van der Waals surface area (Å²) in [4.78, 5) is 23.7. The number of hydrogen-bond acceptors (Lipinski definition) is 3. The summed E-state index contributed by atoms with van der Waals surface area (Å²) in [5.41, 5.74) is 0.888. The first-order chi connectivity index (χ1) is 8.39. The molecule has 0 atom stereocenters. The minimum atomic E-state index is -0.538. The van der Waals surface area contributed by atoms with E-state index < -0.39 is 17.1 Å². The van der Waals surface area contributed by atoms with Gasteiger partial charge in [0.05, 0.1) is 6.54 Å². The molecule has 94 valence electrons. The van der Waals surface area contributed by atoms with Crippen LogP contribution in [0, 0.1) is 5.41 Å². The summed E-state index contributed by atoms with van der Waals surface area (Å²) >= 11 is 0. The van der Waals surface area contributed by atoms with E-state index in [1.54, 1.807) is 0 Å². The first kappa shape index (κ1) is 12.5. The summed E-state index contributed by atoms with van der Waals surface area (Å²) in [6.45, 7) is 5.97. The number of carbonyl (C=O) groups excluding carboxylic acids is 2. The predicted molar refractivity (Wildman–Crippen MR) is 68.9 cm³/mol. The van der Waals surface area contributed by atoms with E-state index in [4.69, 9.17) is 0 Å². The highest BCUT2D eigenvalue weighted by molar-refractivity contribution is 6.67. The fourth-order valence-electron chi connectivity index (χ4n) is 1.78. The summed E-state index contributed by atoms with van der Waals surface area (Å²) in [5.74, 6) is -1.03. The molecule has 0 saturated heterocycles. The van der Waals surface area contributed by atoms with E-state index in [1.165, 1.54) is 5.01 Å². The minimum absolute atomic E-state index is 0.337. The quantitative estimate of drug-likeness (QED) is 0.747. The van der Waals surface area contributed by atoms with Crippen LogP contribution >= 0.6 is 0 Å². The Bertz CT molecular complexity index is 512. The number of hydrogen-bond donors (Lipinski definition) is 0. The molecule has 1 aliphatic rings. The van der Waals surface area contributed by atoms with Crippen molar-refractivity contribution >= 4 is 17.4 Å². The molecule has 0 aliphatic carbocycles. The molecule has 0 spiro atoms. The highest BCUT2D eigenvalue weighted by atomic mass is 16.2. The van der Waals surface area contributed by atoms with Crippen molar-refractivity contribution in [2.24, 2.45) is 10.5 Å². The van der Waals surface area contributed by atoms with Gasteiger partial charge in [-0.1, -0.05) is 51.1 Å².